The maximum Gasteiger partial charge on any atom is 0.414 e. The zero-order valence-corrected chi connectivity index (χ0v) is 15.4. The molecule has 0 unspecified atom stereocenters. The molecule has 7 heteroatoms. The zero-order chi connectivity index (χ0) is 19.5. The lowest BCUT2D eigenvalue weighted by atomic mass is 10.1. The largest absolute Gasteiger partial charge is 0.447 e. The van der Waals surface area contributed by atoms with Crippen molar-refractivity contribution in [3.05, 3.63) is 66.4 Å². The summed E-state index contributed by atoms with van der Waals surface area (Å²) in [6, 6.07) is 16.4. The number of fused-ring (bicyclic) bond motifs is 1. The lowest BCUT2D eigenvalue weighted by molar-refractivity contribution is 0.181. The van der Waals surface area contributed by atoms with Crippen molar-refractivity contribution in [1.82, 2.24) is 10.3 Å². The second kappa shape index (κ2) is 7.56. The highest BCUT2D eigenvalue weighted by Gasteiger charge is 2.24. The molecule has 3 aromatic rings. The molecule has 1 saturated heterocycles. The molecule has 2 heterocycles. The van der Waals surface area contributed by atoms with Crippen molar-refractivity contribution in [2.45, 2.75) is 13.0 Å². The Labute approximate surface area is 162 Å². The molecule has 0 radical (unpaired) electrons. The van der Waals surface area contributed by atoms with Gasteiger partial charge in [0, 0.05) is 17.3 Å². The van der Waals surface area contributed by atoms with Crippen molar-refractivity contribution in [3.8, 4) is 0 Å². The van der Waals surface area contributed by atoms with E-state index in [1.165, 1.54) is 0 Å². The molecule has 1 fully saturated rings. The third kappa shape index (κ3) is 3.59. The molecule has 4 rings (SSSR count). The van der Waals surface area contributed by atoms with E-state index >= 15 is 0 Å². The number of carbonyl (C=O) groups excluding carboxylic acids is 2. The fourth-order valence-electron chi connectivity index (χ4n) is 3.23. The number of rotatable bonds is 4. The van der Waals surface area contributed by atoms with Gasteiger partial charge in [-0.15, -0.1) is 0 Å². The van der Waals surface area contributed by atoms with Crippen LogP contribution < -0.4 is 15.5 Å². The zero-order valence-electron chi connectivity index (χ0n) is 15.4. The average molecular weight is 376 g/mol. The highest BCUT2D eigenvalue weighted by atomic mass is 16.6. The molecular formula is C21H20N4O3. The summed E-state index contributed by atoms with van der Waals surface area (Å²) < 4.78 is 4.99. The first kappa shape index (κ1) is 17.8. The molecule has 1 atom stereocenters. The van der Waals surface area contributed by atoms with Crippen LogP contribution >= 0.6 is 0 Å². The minimum Gasteiger partial charge on any atom is -0.447 e. The summed E-state index contributed by atoms with van der Waals surface area (Å²) in [6.45, 7) is 2.80. The molecule has 0 saturated carbocycles. The minimum absolute atomic E-state index is 0.249. The highest BCUT2D eigenvalue weighted by molar-refractivity contribution is 5.99. The number of benzene rings is 2. The number of cyclic esters (lactones) is 1. The number of aromatic nitrogens is 1. The molecule has 0 bridgehead atoms. The number of hydrogen-bond acceptors (Lipinski definition) is 4. The molecule has 142 valence electrons. The van der Waals surface area contributed by atoms with Crippen LogP contribution in [0.3, 0.4) is 0 Å². The third-order valence-corrected chi connectivity index (χ3v) is 4.67. The molecule has 7 nitrogen and oxygen atoms in total. The van der Waals surface area contributed by atoms with Crippen molar-refractivity contribution in [1.29, 1.82) is 0 Å². The first-order valence-electron chi connectivity index (χ1n) is 9.07. The molecule has 1 aliphatic heterocycles. The Morgan fingerprint density at radius 2 is 2.00 bits per heavy atom. The summed E-state index contributed by atoms with van der Waals surface area (Å²) in [6.07, 6.45) is 1.35. The summed E-state index contributed by atoms with van der Waals surface area (Å²) in [4.78, 5) is 30.2. The number of hydrogen-bond donors (Lipinski definition) is 2. The van der Waals surface area contributed by atoms with Gasteiger partial charge in [-0.1, -0.05) is 30.3 Å². The van der Waals surface area contributed by atoms with E-state index in [4.69, 9.17) is 4.74 Å². The van der Waals surface area contributed by atoms with E-state index in [0.29, 0.717) is 18.8 Å². The van der Waals surface area contributed by atoms with Crippen LogP contribution in [0, 0.1) is 0 Å². The van der Waals surface area contributed by atoms with Crippen LogP contribution in [0.15, 0.2) is 60.8 Å². The van der Waals surface area contributed by atoms with E-state index in [2.05, 4.69) is 15.6 Å². The predicted molar refractivity (Wildman–Crippen MR) is 107 cm³/mol. The Morgan fingerprint density at radius 1 is 1.18 bits per heavy atom. The number of amides is 3. The van der Waals surface area contributed by atoms with Crippen molar-refractivity contribution in [2.75, 3.05) is 23.4 Å². The van der Waals surface area contributed by atoms with Crippen LogP contribution in [-0.2, 0) is 4.74 Å². The Kier molecular flexibility index (Phi) is 4.80. The van der Waals surface area contributed by atoms with Crippen LogP contribution in [0.4, 0.5) is 21.0 Å². The van der Waals surface area contributed by atoms with Crippen molar-refractivity contribution >= 4 is 34.4 Å². The minimum atomic E-state index is -0.348. The Bertz CT molecular complexity index is 1030. The van der Waals surface area contributed by atoms with Gasteiger partial charge in [0.1, 0.15) is 6.61 Å². The normalized spacial score (nSPS) is 14.6. The van der Waals surface area contributed by atoms with Gasteiger partial charge in [0.15, 0.2) is 0 Å². The second-order valence-electron chi connectivity index (χ2n) is 6.56. The Balaban J connectivity index is 1.47. The SMILES string of the molecule is C[C@H](NC(=O)Nc1cccc2cccnc12)c1cccc(N2CCOC2=O)c1. The molecule has 3 amide bonds. The third-order valence-electron chi connectivity index (χ3n) is 4.67. The fourth-order valence-corrected chi connectivity index (χ4v) is 3.23. The van der Waals surface area contributed by atoms with Gasteiger partial charge in [-0.25, -0.2) is 9.59 Å². The van der Waals surface area contributed by atoms with E-state index in [1.54, 1.807) is 11.1 Å². The maximum atomic E-state index is 12.5. The van der Waals surface area contributed by atoms with Gasteiger partial charge < -0.3 is 15.4 Å². The van der Waals surface area contributed by atoms with Crippen LogP contribution in [0.1, 0.15) is 18.5 Å². The predicted octanol–water partition coefficient (Wildman–Crippen LogP) is 4.07. The first-order valence-corrected chi connectivity index (χ1v) is 9.07. The first-order chi connectivity index (χ1) is 13.6. The Morgan fingerprint density at radius 3 is 2.82 bits per heavy atom. The van der Waals surface area contributed by atoms with Gasteiger partial charge in [0.05, 0.1) is 23.8 Å². The summed E-state index contributed by atoms with van der Waals surface area (Å²) >= 11 is 0. The lowest BCUT2D eigenvalue weighted by Crippen LogP contribution is -2.31. The second-order valence-corrected chi connectivity index (χ2v) is 6.56. The number of para-hydroxylation sites is 1. The van der Waals surface area contributed by atoms with E-state index in [9.17, 15) is 9.59 Å². The summed E-state index contributed by atoms with van der Waals surface area (Å²) in [5.41, 5.74) is 3.04. The number of nitrogens with one attached hydrogen (secondary N) is 2. The number of carbonyl (C=O) groups is 2. The van der Waals surface area contributed by atoms with Crippen LogP contribution in [0.5, 0.6) is 0 Å². The van der Waals surface area contributed by atoms with Gasteiger partial charge in [0.25, 0.3) is 0 Å². The van der Waals surface area contributed by atoms with Gasteiger partial charge in [0.2, 0.25) is 0 Å². The number of ether oxygens (including phenoxy) is 1. The van der Waals surface area contributed by atoms with Gasteiger partial charge >= 0.3 is 12.1 Å². The molecule has 2 N–H and O–H groups in total. The summed E-state index contributed by atoms with van der Waals surface area (Å²) in [5, 5.41) is 6.75. The van der Waals surface area contributed by atoms with E-state index in [0.717, 1.165) is 22.2 Å². The molecule has 1 aromatic heterocycles. The number of pyridine rings is 1. The topological polar surface area (TPSA) is 83.6 Å². The maximum absolute atomic E-state index is 12.5. The fraction of sp³-hybridized carbons (Fsp3) is 0.190. The van der Waals surface area contributed by atoms with E-state index < -0.39 is 0 Å². The number of urea groups is 1. The molecule has 28 heavy (non-hydrogen) atoms. The summed E-state index contributed by atoms with van der Waals surface area (Å²) in [5.74, 6) is 0. The van der Waals surface area contributed by atoms with Gasteiger partial charge in [-0.3, -0.25) is 9.88 Å². The van der Waals surface area contributed by atoms with Crippen molar-refractivity contribution in [2.24, 2.45) is 0 Å². The van der Waals surface area contributed by atoms with Crippen LogP contribution in [0.25, 0.3) is 10.9 Å². The summed E-state index contributed by atoms with van der Waals surface area (Å²) in [7, 11) is 0. The molecule has 1 aliphatic rings. The number of nitrogens with zero attached hydrogens (tertiary/aromatic N) is 2. The highest BCUT2D eigenvalue weighted by Crippen LogP contribution is 2.24. The van der Waals surface area contributed by atoms with E-state index in [-0.39, 0.29) is 18.2 Å². The van der Waals surface area contributed by atoms with Gasteiger partial charge in [-0.05, 0) is 36.8 Å². The molecule has 2 aromatic carbocycles. The smallest absolute Gasteiger partial charge is 0.414 e. The monoisotopic (exact) mass is 376 g/mol. The number of anilines is 2. The Hall–Kier alpha value is -3.61. The molecular weight excluding hydrogens is 356 g/mol. The standard InChI is InChI=1S/C21H20N4O3/c1-14(16-6-2-8-17(13-16)25-11-12-28-21(25)27)23-20(26)24-18-9-3-5-15-7-4-10-22-19(15)18/h2-10,13-14H,11-12H2,1H3,(H2,23,24,26)/t14-/m0/s1. The molecule has 0 spiro atoms. The van der Waals surface area contributed by atoms with Crippen molar-refractivity contribution < 1.29 is 14.3 Å². The van der Waals surface area contributed by atoms with Crippen LogP contribution in [-0.4, -0.2) is 30.3 Å². The van der Waals surface area contributed by atoms with E-state index in [1.807, 2.05) is 61.5 Å². The van der Waals surface area contributed by atoms with Gasteiger partial charge in [-0.2, -0.15) is 0 Å². The van der Waals surface area contributed by atoms with Crippen LogP contribution in [0.2, 0.25) is 0 Å². The lowest BCUT2D eigenvalue weighted by Gasteiger charge is -2.18. The molecule has 0 aliphatic carbocycles. The quantitative estimate of drug-likeness (QED) is 0.719. The average Bonchev–Trinajstić information content (AvgIpc) is 3.14. The van der Waals surface area contributed by atoms with Crippen molar-refractivity contribution in [3.63, 3.8) is 0 Å².